The smallest absolute Gasteiger partial charge is 0.0177 e. The molecule has 2 unspecified atom stereocenters. The maximum atomic E-state index is 3.72. The molecule has 1 saturated carbocycles. The van der Waals surface area contributed by atoms with Crippen LogP contribution in [0.2, 0.25) is 0 Å². The van der Waals surface area contributed by atoms with Crippen LogP contribution in [0.3, 0.4) is 0 Å². The standard InChI is InChI=1S/C20H23N/c1-2-5-15(6-3-1)13-20-19(11-12-21-20)18-8-4-7-17(14-18)16-9-10-16/h1-8,14,16,19-21H,9-13H2. The van der Waals surface area contributed by atoms with E-state index in [1.807, 2.05) is 0 Å². The fraction of sp³-hybridized carbons (Fsp3) is 0.400. The average molecular weight is 277 g/mol. The van der Waals surface area contributed by atoms with Crippen molar-refractivity contribution in [2.24, 2.45) is 0 Å². The zero-order valence-corrected chi connectivity index (χ0v) is 12.5. The first-order valence-electron chi connectivity index (χ1n) is 8.27. The molecule has 1 nitrogen and oxygen atoms in total. The lowest BCUT2D eigenvalue weighted by molar-refractivity contribution is 0.544. The summed E-state index contributed by atoms with van der Waals surface area (Å²) in [6.07, 6.45) is 5.18. The topological polar surface area (TPSA) is 12.0 Å². The van der Waals surface area contributed by atoms with E-state index in [0.717, 1.165) is 18.9 Å². The number of nitrogens with one attached hydrogen (secondary N) is 1. The van der Waals surface area contributed by atoms with Crippen LogP contribution in [0.5, 0.6) is 0 Å². The van der Waals surface area contributed by atoms with Crippen molar-refractivity contribution in [3.63, 3.8) is 0 Å². The fourth-order valence-corrected chi connectivity index (χ4v) is 3.71. The molecule has 0 radical (unpaired) electrons. The molecule has 1 saturated heterocycles. The molecule has 1 aliphatic heterocycles. The molecular formula is C20H23N. The molecule has 4 rings (SSSR count). The van der Waals surface area contributed by atoms with E-state index < -0.39 is 0 Å². The van der Waals surface area contributed by atoms with Gasteiger partial charge in [-0.2, -0.15) is 0 Å². The van der Waals surface area contributed by atoms with Crippen LogP contribution in [0.1, 0.15) is 47.8 Å². The SMILES string of the molecule is c1ccc(CC2NCCC2c2cccc(C3CC3)c2)cc1. The van der Waals surface area contributed by atoms with Gasteiger partial charge in [-0.05, 0) is 54.8 Å². The van der Waals surface area contributed by atoms with Crippen LogP contribution in [0.15, 0.2) is 54.6 Å². The van der Waals surface area contributed by atoms with Gasteiger partial charge in [0.15, 0.2) is 0 Å². The Morgan fingerprint density at radius 2 is 1.67 bits per heavy atom. The summed E-state index contributed by atoms with van der Waals surface area (Å²) in [5.41, 5.74) is 4.56. The second kappa shape index (κ2) is 5.65. The molecule has 2 aromatic rings. The zero-order valence-electron chi connectivity index (χ0n) is 12.5. The van der Waals surface area contributed by atoms with Gasteiger partial charge in [0, 0.05) is 12.0 Å². The van der Waals surface area contributed by atoms with E-state index in [1.54, 1.807) is 11.1 Å². The highest BCUT2D eigenvalue weighted by molar-refractivity contribution is 5.33. The fourth-order valence-electron chi connectivity index (χ4n) is 3.71. The summed E-state index contributed by atoms with van der Waals surface area (Å²) in [5, 5.41) is 3.72. The molecule has 2 fully saturated rings. The minimum Gasteiger partial charge on any atom is -0.313 e. The van der Waals surface area contributed by atoms with Crippen molar-refractivity contribution in [1.29, 1.82) is 0 Å². The van der Waals surface area contributed by atoms with Gasteiger partial charge in [0.1, 0.15) is 0 Å². The van der Waals surface area contributed by atoms with Gasteiger partial charge in [0.05, 0.1) is 0 Å². The van der Waals surface area contributed by atoms with Crippen molar-refractivity contribution >= 4 is 0 Å². The van der Waals surface area contributed by atoms with Crippen molar-refractivity contribution in [3.05, 3.63) is 71.3 Å². The van der Waals surface area contributed by atoms with Crippen molar-refractivity contribution in [2.75, 3.05) is 6.54 Å². The van der Waals surface area contributed by atoms with E-state index in [1.165, 1.54) is 24.8 Å². The Bertz CT molecular complexity index is 600. The van der Waals surface area contributed by atoms with Crippen LogP contribution in [0, 0.1) is 0 Å². The van der Waals surface area contributed by atoms with Crippen LogP contribution in [0.25, 0.3) is 0 Å². The van der Waals surface area contributed by atoms with E-state index in [0.29, 0.717) is 12.0 Å². The van der Waals surface area contributed by atoms with E-state index >= 15 is 0 Å². The highest BCUT2D eigenvalue weighted by Crippen LogP contribution is 2.41. The number of rotatable bonds is 4. The Labute approximate surface area is 127 Å². The molecule has 2 aromatic carbocycles. The van der Waals surface area contributed by atoms with Gasteiger partial charge in [-0.25, -0.2) is 0 Å². The zero-order chi connectivity index (χ0) is 14.1. The van der Waals surface area contributed by atoms with Crippen LogP contribution in [0.4, 0.5) is 0 Å². The Balaban J connectivity index is 1.54. The van der Waals surface area contributed by atoms with Crippen LogP contribution >= 0.6 is 0 Å². The molecular weight excluding hydrogens is 254 g/mol. The molecule has 108 valence electrons. The summed E-state index contributed by atoms with van der Waals surface area (Å²) < 4.78 is 0. The number of hydrogen-bond donors (Lipinski definition) is 1. The van der Waals surface area contributed by atoms with Crippen LogP contribution in [-0.2, 0) is 6.42 Å². The predicted molar refractivity (Wildman–Crippen MR) is 87.7 cm³/mol. The van der Waals surface area contributed by atoms with Gasteiger partial charge in [-0.1, -0.05) is 54.6 Å². The first-order chi connectivity index (χ1) is 10.4. The predicted octanol–water partition coefficient (Wildman–Crippen LogP) is 4.25. The maximum Gasteiger partial charge on any atom is 0.0177 e. The Kier molecular flexibility index (Phi) is 3.52. The third-order valence-corrected chi connectivity index (χ3v) is 5.03. The summed E-state index contributed by atoms with van der Waals surface area (Å²) in [5.74, 6) is 1.52. The van der Waals surface area contributed by atoms with E-state index in [9.17, 15) is 0 Å². The molecule has 1 aliphatic carbocycles. The Morgan fingerprint density at radius 3 is 2.48 bits per heavy atom. The molecule has 0 amide bonds. The van der Waals surface area contributed by atoms with Crippen molar-refractivity contribution in [2.45, 2.75) is 43.6 Å². The normalized spacial score (nSPS) is 25.1. The minimum absolute atomic E-state index is 0.585. The average Bonchev–Trinajstić information content (AvgIpc) is 3.29. The van der Waals surface area contributed by atoms with Gasteiger partial charge in [0.25, 0.3) is 0 Å². The highest BCUT2D eigenvalue weighted by atomic mass is 14.9. The van der Waals surface area contributed by atoms with Gasteiger partial charge >= 0.3 is 0 Å². The van der Waals surface area contributed by atoms with Crippen molar-refractivity contribution < 1.29 is 0 Å². The third kappa shape index (κ3) is 2.89. The van der Waals surface area contributed by atoms with Gasteiger partial charge in [-0.15, -0.1) is 0 Å². The minimum atomic E-state index is 0.585. The van der Waals surface area contributed by atoms with Crippen LogP contribution < -0.4 is 5.32 Å². The second-order valence-corrected chi connectivity index (χ2v) is 6.59. The Hall–Kier alpha value is -1.60. The molecule has 2 aliphatic rings. The molecule has 1 heteroatoms. The summed E-state index contributed by atoms with van der Waals surface area (Å²) in [7, 11) is 0. The molecule has 1 N–H and O–H groups in total. The third-order valence-electron chi connectivity index (χ3n) is 5.03. The summed E-state index contributed by atoms with van der Waals surface area (Å²) in [6.45, 7) is 1.15. The monoisotopic (exact) mass is 277 g/mol. The first kappa shape index (κ1) is 13.1. The van der Waals surface area contributed by atoms with E-state index in [4.69, 9.17) is 0 Å². The summed E-state index contributed by atoms with van der Waals surface area (Å²) in [6, 6.07) is 20.9. The molecule has 21 heavy (non-hydrogen) atoms. The van der Waals surface area contributed by atoms with Crippen molar-refractivity contribution in [3.8, 4) is 0 Å². The summed E-state index contributed by atoms with van der Waals surface area (Å²) in [4.78, 5) is 0. The van der Waals surface area contributed by atoms with Crippen LogP contribution in [-0.4, -0.2) is 12.6 Å². The van der Waals surface area contributed by atoms with Gasteiger partial charge < -0.3 is 5.32 Å². The Morgan fingerprint density at radius 1 is 0.857 bits per heavy atom. The van der Waals surface area contributed by atoms with E-state index in [2.05, 4.69) is 59.9 Å². The molecule has 0 bridgehead atoms. The first-order valence-corrected chi connectivity index (χ1v) is 8.27. The van der Waals surface area contributed by atoms with E-state index in [-0.39, 0.29) is 0 Å². The largest absolute Gasteiger partial charge is 0.313 e. The van der Waals surface area contributed by atoms with Gasteiger partial charge in [0.2, 0.25) is 0 Å². The lowest BCUT2D eigenvalue weighted by Gasteiger charge is -2.21. The molecule has 0 aromatic heterocycles. The summed E-state index contributed by atoms with van der Waals surface area (Å²) >= 11 is 0. The lowest BCUT2D eigenvalue weighted by Crippen LogP contribution is -2.28. The number of hydrogen-bond acceptors (Lipinski definition) is 1. The second-order valence-electron chi connectivity index (χ2n) is 6.59. The maximum absolute atomic E-state index is 3.72. The molecule has 2 atom stereocenters. The van der Waals surface area contributed by atoms with Crippen molar-refractivity contribution in [1.82, 2.24) is 5.32 Å². The van der Waals surface area contributed by atoms with Gasteiger partial charge in [-0.3, -0.25) is 0 Å². The molecule has 0 spiro atoms. The number of benzene rings is 2. The lowest BCUT2D eigenvalue weighted by atomic mass is 9.87. The molecule has 1 heterocycles. The quantitative estimate of drug-likeness (QED) is 0.881. The highest BCUT2D eigenvalue weighted by Gasteiger charge is 2.30.